The van der Waals surface area contributed by atoms with Gasteiger partial charge in [0.05, 0.1) is 6.26 Å². The minimum absolute atomic E-state index is 0.00330. The minimum atomic E-state index is -0.00330. The predicted molar refractivity (Wildman–Crippen MR) is 126 cm³/mol. The number of carbonyl (C=O) groups excluding carboxylic acids is 1. The summed E-state index contributed by atoms with van der Waals surface area (Å²) in [7, 11) is 0. The fraction of sp³-hybridized carbons (Fsp3) is 0.280. The number of ketones is 1. The van der Waals surface area contributed by atoms with E-state index in [4.69, 9.17) is 16.6 Å². The van der Waals surface area contributed by atoms with E-state index in [2.05, 4.69) is 31.4 Å². The summed E-state index contributed by atoms with van der Waals surface area (Å²) in [4.78, 5) is 12.9. The topological polar surface area (TPSA) is 54.3 Å². The number of nitrogens with one attached hydrogen (secondary N) is 2. The van der Waals surface area contributed by atoms with Gasteiger partial charge in [-0.25, -0.2) is 0 Å². The lowest BCUT2D eigenvalue weighted by molar-refractivity contribution is 0.103. The maximum absolute atomic E-state index is 12.9. The number of aryl methyl sites for hydroxylation is 1. The molecule has 1 heterocycles. The van der Waals surface area contributed by atoms with Gasteiger partial charge in [0.25, 0.3) is 0 Å². The number of benzene rings is 2. The molecule has 0 amide bonds. The van der Waals surface area contributed by atoms with Crippen LogP contribution in [0.5, 0.6) is 0 Å². The number of rotatable bonds is 7. The molecule has 0 saturated carbocycles. The van der Waals surface area contributed by atoms with Crippen LogP contribution in [-0.2, 0) is 11.8 Å². The van der Waals surface area contributed by atoms with Crippen LogP contribution in [0.4, 0.5) is 5.69 Å². The van der Waals surface area contributed by atoms with Crippen molar-refractivity contribution in [3.8, 4) is 0 Å². The molecule has 1 aromatic heterocycles. The molecule has 0 radical (unpaired) electrons. The van der Waals surface area contributed by atoms with Gasteiger partial charge in [0, 0.05) is 29.8 Å². The molecule has 3 aromatic rings. The zero-order valence-electron chi connectivity index (χ0n) is 17.7. The molecular formula is C25H28N2O2S. The van der Waals surface area contributed by atoms with Crippen molar-refractivity contribution in [2.24, 2.45) is 0 Å². The highest BCUT2D eigenvalue weighted by atomic mass is 32.1. The van der Waals surface area contributed by atoms with Gasteiger partial charge in [-0.2, -0.15) is 0 Å². The zero-order valence-corrected chi connectivity index (χ0v) is 18.5. The smallest absolute Gasteiger partial charge is 0.193 e. The van der Waals surface area contributed by atoms with Crippen molar-refractivity contribution in [2.45, 2.75) is 39.0 Å². The number of furan rings is 1. The van der Waals surface area contributed by atoms with Crippen LogP contribution < -0.4 is 10.6 Å². The SMILES string of the molecule is CC(C)(C)c1ccc(C(=O)c2cccc(NC(=S)NCCCc3ccco3)c2)cc1. The summed E-state index contributed by atoms with van der Waals surface area (Å²) in [6.45, 7) is 7.22. The van der Waals surface area contributed by atoms with Crippen LogP contribution in [0.25, 0.3) is 0 Å². The maximum Gasteiger partial charge on any atom is 0.193 e. The van der Waals surface area contributed by atoms with E-state index in [1.165, 1.54) is 5.56 Å². The van der Waals surface area contributed by atoms with Crippen LogP contribution >= 0.6 is 12.2 Å². The van der Waals surface area contributed by atoms with Crippen LogP contribution in [0.1, 0.15) is 54.4 Å². The number of anilines is 1. The number of hydrogen-bond donors (Lipinski definition) is 2. The van der Waals surface area contributed by atoms with Crippen molar-refractivity contribution in [1.82, 2.24) is 5.32 Å². The molecule has 0 atom stereocenters. The first kappa shape index (κ1) is 21.8. The maximum atomic E-state index is 12.9. The molecule has 0 unspecified atom stereocenters. The Balaban J connectivity index is 1.55. The van der Waals surface area contributed by atoms with E-state index in [1.807, 2.05) is 60.7 Å². The monoisotopic (exact) mass is 420 g/mol. The zero-order chi connectivity index (χ0) is 21.6. The molecule has 0 spiro atoms. The molecule has 2 N–H and O–H groups in total. The number of hydrogen-bond acceptors (Lipinski definition) is 3. The first-order chi connectivity index (χ1) is 14.3. The second-order valence-corrected chi connectivity index (χ2v) is 8.71. The highest BCUT2D eigenvalue weighted by Crippen LogP contribution is 2.23. The highest BCUT2D eigenvalue weighted by molar-refractivity contribution is 7.80. The molecule has 0 bridgehead atoms. The third kappa shape index (κ3) is 6.04. The predicted octanol–water partition coefficient (Wildman–Crippen LogP) is 5.73. The summed E-state index contributed by atoms with van der Waals surface area (Å²) in [5, 5.41) is 6.88. The van der Waals surface area contributed by atoms with Gasteiger partial charge in [-0.3, -0.25) is 4.79 Å². The average molecular weight is 421 g/mol. The second-order valence-electron chi connectivity index (χ2n) is 8.30. The van der Waals surface area contributed by atoms with Gasteiger partial charge in [0.15, 0.2) is 10.9 Å². The number of thiocarbonyl (C=S) groups is 1. The number of carbonyl (C=O) groups is 1. The third-order valence-electron chi connectivity index (χ3n) is 4.86. The Bertz CT molecular complexity index is 987. The van der Waals surface area contributed by atoms with Gasteiger partial charge in [0.1, 0.15) is 5.76 Å². The van der Waals surface area contributed by atoms with Crippen molar-refractivity contribution in [3.63, 3.8) is 0 Å². The Hall–Kier alpha value is -2.92. The lowest BCUT2D eigenvalue weighted by atomic mass is 9.86. The summed E-state index contributed by atoms with van der Waals surface area (Å²) in [6, 6.07) is 19.1. The Morgan fingerprint density at radius 3 is 2.43 bits per heavy atom. The lowest BCUT2D eigenvalue weighted by Gasteiger charge is -2.19. The summed E-state index contributed by atoms with van der Waals surface area (Å²) in [5.41, 5.74) is 3.36. The van der Waals surface area contributed by atoms with Gasteiger partial charge in [0.2, 0.25) is 0 Å². The van der Waals surface area contributed by atoms with Gasteiger partial charge < -0.3 is 15.1 Å². The van der Waals surface area contributed by atoms with Crippen LogP contribution in [-0.4, -0.2) is 17.4 Å². The Morgan fingerprint density at radius 2 is 1.77 bits per heavy atom. The fourth-order valence-electron chi connectivity index (χ4n) is 3.12. The Labute approximate surface area is 183 Å². The van der Waals surface area contributed by atoms with Gasteiger partial charge in [-0.1, -0.05) is 57.2 Å². The van der Waals surface area contributed by atoms with Crippen molar-refractivity contribution < 1.29 is 9.21 Å². The third-order valence-corrected chi connectivity index (χ3v) is 5.11. The molecule has 2 aromatic carbocycles. The Morgan fingerprint density at radius 1 is 1.00 bits per heavy atom. The second kappa shape index (κ2) is 9.72. The van der Waals surface area contributed by atoms with Crippen molar-refractivity contribution in [1.29, 1.82) is 0 Å². The summed E-state index contributed by atoms with van der Waals surface area (Å²) >= 11 is 5.37. The standard InChI is InChI=1S/C25H28N2O2S/c1-25(2,3)20-13-11-18(12-14-20)23(28)19-7-4-8-21(17-19)27-24(30)26-15-5-9-22-10-6-16-29-22/h4,6-8,10-14,16-17H,5,9,15H2,1-3H3,(H2,26,27,30). The van der Waals surface area contributed by atoms with Crippen molar-refractivity contribution in [3.05, 3.63) is 89.4 Å². The molecule has 4 nitrogen and oxygen atoms in total. The normalized spacial score (nSPS) is 11.2. The summed E-state index contributed by atoms with van der Waals surface area (Å²) in [5.74, 6) is 0.967. The van der Waals surface area contributed by atoms with E-state index >= 15 is 0 Å². The van der Waals surface area contributed by atoms with E-state index in [0.29, 0.717) is 16.2 Å². The summed E-state index contributed by atoms with van der Waals surface area (Å²) < 4.78 is 5.32. The van der Waals surface area contributed by atoms with Crippen LogP contribution in [0.3, 0.4) is 0 Å². The fourth-order valence-corrected chi connectivity index (χ4v) is 3.34. The first-order valence-corrected chi connectivity index (χ1v) is 10.6. The molecule has 5 heteroatoms. The van der Waals surface area contributed by atoms with Gasteiger partial charge >= 0.3 is 0 Å². The quantitative estimate of drug-likeness (QED) is 0.290. The van der Waals surface area contributed by atoms with Crippen LogP contribution in [0.2, 0.25) is 0 Å². The van der Waals surface area contributed by atoms with E-state index in [0.717, 1.165) is 30.8 Å². The van der Waals surface area contributed by atoms with Gasteiger partial charge in [-0.15, -0.1) is 0 Å². The van der Waals surface area contributed by atoms with Crippen LogP contribution in [0.15, 0.2) is 71.3 Å². The Kier molecular flexibility index (Phi) is 7.06. The average Bonchev–Trinajstić information content (AvgIpc) is 3.24. The highest BCUT2D eigenvalue weighted by Gasteiger charge is 2.15. The molecule has 3 rings (SSSR count). The lowest BCUT2D eigenvalue weighted by Crippen LogP contribution is -2.29. The molecule has 0 aliphatic carbocycles. The van der Waals surface area contributed by atoms with E-state index in [1.54, 1.807) is 6.26 Å². The van der Waals surface area contributed by atoms with E-state index < -0.39 is 0 Å². The van der Waals surface area contributed by atoms with E-state index in [9.17, 15) is 4.79 Å². The molecule has 30 heavy (non-hydrogen) atoms. The molecule has 0 aliphatic heterocycles. The van der Waals surface area contributed by atoms with E-state index in [-0.39, 0.29) is 11.2 Å². The van der Waals surface area contributed by atoms with Crippen molar-refractivity contribution in [2.75, 3.05) is 11.9 Å². The molecule has 0 aliphatic rings. The molecule has 156 valence electrons. The minimum Gasteiger partial charge on any atom is -0.469 e. The largest absolute Gasteiger partial charge is 0.469 e. The van der Waals surface area contributed by atoms with Crippen molar-refractivity contribution >= 4 is 28.8 Å². The van der Waals surface area contributed by atoms with Gasteiger partial charge in [-0.05, 0) is 53.9 Å². The first-order valence-electron chi connectivity index (χ1n) is 10.2. The molecular weight excluding hydrogens is 392 g/mol. The molecule has 0 saturated heterocycles. The molecule has 0 fully saturated rings. The van der Waals surface area contributed by atoms with Crippen LogP contribution in [0, 0.1) is 0 Å². The summed E-state index contributed by atoms with van der Waals surface area (Å²) in [6.07, 6.45) is 3.46.